The number of hydrogen-bond acceptors (Lipinski definition) is 1. The van der Waals surface area contributed by atoms with Gasteiger partial charge in [-0.25, -0.2) is 0 Å². The molecule has 0 heterocycles. The lowest BCUT2D eigenvalue weighted by Crippen LogP contribution is -2.01. The van der Waals surface area contributed by atoms with Gasteiger partial charge in [-0.1, -0.05) is 44.9 Å². The Kier molecular flexibility index (Phi) is 5.70. The molecule has 1 aliphatic rings. The number of nitrogens with one attached hydrogen (secondary N) is 1. The predicted octanol–water partition coefficient (Wildman–Crippen LogP) is 5.74. The largest absolute Gasteiger partial charge is 0.388 e. The van der Waals surface area contributed by atoms with E-state index in [2.05, 4.69) is 49.5 Å². The van der Waals surface area contributed by atoms with Crippen LogP contribution in [-0.4, -0.2) is 7.05 Å². The molecule has 0 saturated heterocycles. The predicted molar refractivity (Wildman–Crippen MR) is 90.0 cm³/mol. The molecule has 110 valence electrons. The van der Waals surface area contributed by atoms with Crippen molar-refractivity contribution < 1.29 is 0 Å². The van der Waals surface area contributed by atoms with Gasteiger partial charge < -0.3 is 5.32 Å². The van der Waals surface area contributed by atoms with Crippen molar-refractivity contribution in [3.63, 3.8) is 0 Å². The summed E-state index contributed by atoms with van der Waals surface area (Å²) in [4.78, 5) is 0. The summed E-state index contributed by atoms with van der Waals surface area (Å²) in [6.07, 6.45) is 10.5. The first-order valence-corrected chi connectivity index (χ1v) is 8.16. The molecule has 2 rings (SSSR count). The lowest BCUT2D eigenvalue weighted by molar-refractivity contribution is 0.389. The van der Waals surface area contributed by atoms with Crippen LogP contribution in [0.15, 0.2) is 30.3 Å². The molecule has 0 fully saturated rings. The number of anilines is 1. The van der Waals surface area contributed by atoms with Crippen molar-refractivity contribution in [2.24, 2.45) is 11.8 Å². The highest BCUT2D eigenvalue weighted by molar-refractivity contribution is 5.67. The van der Waals surface area contributed by atoms with Gasteiger partial charge in [-0.2, -0.15) is 0 Å². The number of benzene rings is 1. The monoisotopic (exact) mass is 271 g/mol. The van der Waals surface area contributed by atoms with Gasteiger partial charge in [0.15, 0.2) is 0 Å². The molecule has 1 aliphatic carbocycles. The molecule has 1 aromatic rings. The van der Waals surface area contributed by atoms with E-state index < -0.39 is 0 Å². The second kappa shape index (κ2) is 7.52. The molecule has 1 heteroatoms. The van der Waals surface area contributed by atoms with Crippen molar-refractivity contribution in [3.05, 3.63) is 35.9 Å². The van der Waals surface area contributed by atoms with Crippen LogP contribution in [0.1, 0.15) is 57.9 Å². The zero-order valence-electron chi connectivity index (χ0n) is 13.3. The minimum Gasteiger partial charge on any atom is -0.388 e. The second-order valence-electron chi connectivity index (χ2n) is 6.51. The van der Waals surface area contributed by atoms with Crippen molar-refractivity contribution in [1.29, 1.82) is 0 Å². The summed E-state index contributed by atoms with van der Waals surface area (Å²) in [5.41, 5.74) is 4.16. The summed E-state index contributed by atoms with van der Waals surface area (Å²) in [7, 11) is 1.97. The zero-order chi connectivity index (χ0) is 14.4. The van der Waals surface area contributed by atoms with Crippen LogP contribution in [0, 0.1) is 11.8 Å². The summed E-state index contributed by atoms with van der Waals surface area (Å²) in [6, 6.07) is 8.87. The summed E-state index contributed by atoms with van der Waals surface area (Å²) in [6.45, 7) is 4.67. The molecule has 0 radical (unpaired) electrons. The normalized spacial score (nSPS) is 19.6. The van der Waals surface area contributed by atoms with Crippen LogP contribution in [0.25, 0.3) is 5.57 Å². The highest BCUT2D eigenvalue weighted by Crippen LogP contribution is 2.32. The fraction of sp³-hybridized carbons (Fsp3) is 0.579. The topological polar surface area (TPSA) is 12.0 Å². The molecular weight excluding hydrogens is 242 g/mol. The third-order valence-corrected chi connectivity index (χ3v) is 4.48. The fourth-order valence-corrected chi connectivity index (χ4v) is 3.07. The Morgan fingerprint density at radius 3 is 2.55 bits per heavy atom. The average Bonchev–Trinajstić information content (AvgIpc) is 2.71. The Hall–Kier alpha value is -1.24. The van der Waals surface area contributed by atoms with E-state index in [1.54, 1.807) is 5.57 Å². The highest BCUT2D eigenvalue weighted by Gasteiger charge is 2.14. The summed E-state index contributed by atoms with van der Waals surface area (Å²) in [5, 5.41) is 3.18. The summed E-state index contributed by atoms with van der Waals surface area (Å²) < 4.78 is 0. The molecule has 0 aliphatic heterocycles. The molecule has 1 nitrogen and oxygen atoms in total. The highest BCUT2D eigenvalue weighted by atomic mass is 14.8. The Bertz CT molecular complexity index is 428. The Morgan fingerprint density at radius 1 is 1.15 bits per heavy atom. The van der Waals surface area contributed by atoms with Crippen molar-refractivity contribution in [2.45, 2.75) is 52.4 Å². The minimum atomic E-state index is 0.847. The second-order valence-corrected chi connectivity index (χ2v) is 6.51. The van der Waals surface area contributed by atoms with Gasteiger partial charge in [0.05, 0.1) is 0 Å². The maximum Gasteiger partial charge on any atom is 0.0337 e. The van der Waals surface area contributed by atoms with Gasteiger partial charge in [0, 0.05) is 12.7 Å². The van der Waals surface area contributed by atoms with Crippen molar-refractivity contribution in [1.82, 2.24) is 0 Å². The molecule has 0 bridgehead atoms. The fourth-order valence-electron chi connectivity index (χ4n) is 3.07. The van der Waals surface area contributed by atoms with Gasteiger partial charge in [0.2, 0.25) is 0 Å². The zero-order valence-corrected chi connectivity index (χ0v) is 13.3. The molecule has 1 atom stereocenters. The van der Waals surface area contributed by atoms with Gasteiger partial charge in [-0.05, 0) is 60.8 Å². The first-order valence-electron chi connectivity index (χ1n) is 8.16. The van der Waals surface area contributed by atoms with Crippen LogP contribution in [0.2, 0.25) is 0 Å². The first kappa shape index (κ1) is 15.2. The van der Waals surface area contributed by atoms with E-state index >= 15 is 0 Å². The lowest BCUT2D eigenvalue weighted by Gasteiger charge is -2.15. The van der Waals surface area contributed by atoms with Gasteiger partial charge in [-0.15, -0.1) is 0 Å². The molecule has 1 unspecified atom stereocenters. The molecule has 0 aromatic heterocycles. The maximum absolute atomic E-state index is 3.18. The molecule has 0 spiro atoms. The molecular formula is C19H29N. The molecule has 0 amide bonds. The van der Waals surface area contributed by atoms with Crippen molar-refractivity contribution in [2.75, 3.05) is 12.4 Å². The van der Waals surface area contributed by atoms with Gasteiger partial charge in [0.1, 0.15) is 0 Å². The quantitative estimate of drug-likeness (QED) is 0.720. The van der Waals surface area contributed by atoms with Crippen molar-refractivity contribution in [3.8, 4) is 0 Å². The van der Waals surface area contributed by atoms with Gasteiger partial charge in [-0.3, -0.25) is 0 Å². The van der Waals surface area contributed by atoms with E-state index in [0.29, 0.717) is 0 Å². The van der Waals surface area contributed by atoms with E-state index in [1.807, 2.05) is 7.05 Å². The Labute approximate surface area is 124 Å². The van der Waals surface area contributed by atoms with E-state index in [4.69, 9.17) is 0 Å². The van der Waals surface area contributed by atoms with Gasteiger partial charge >= 0.3 is 0 Å². The summed E-state index contributed by atoms with van der Waals surface area (Å²) >= 11 is 0. The maximum atomic E-state index is 3.18. The van der Waals surface area contributed by atoms with E-state index in [-0.39, 0.29) is 0 Å². The van der Waals surface area contributed by atoms with Crippen LogP contribution < -0.4 is 5.32 Å². The van der Waals surface area contributed by atoms with E-state index in [1.165, 1.54) is 49.8 Å². The Balaban J connectivity index is 1.92. The molecule has 0 saturated carbocycles. The summed E-state index contributed by atoms with van der Waals surface area (Å²) in [5.74, 6) is 1.78. The van der Waals surface area contributed by atoms with Crippen LogP contribution in [0.5, 0.6) is 0 Å². The van der Waals surface area contributed by atoms with Crippen LogP contribution in [-0.2, 0) is 0 Å². The van der Waals surface area contributed by atoms with Gasteiger partial charge in [0.25, 0.3) is 0 Å². The minimum absolute atomic E-state index is 0.847. The van der Waals surface area contributed by atoms with Crippen LogP contribution >= 0.6 is 0 Å². The molecule has 1 aromatic carbocycles. The number of rotatable bonds is 5. The standard InChI is InChI=1S/C19H29N/c1-15(2)7-8-16-5-4-6-17(10-9-16)18-11-13-19(20-3)14-12-18/h6,11-16,20H,4-5,7-10H2,1-3H3. The van der Waals surface area contributed by atoms with E-state index in [0.717, 1.165) is 11.8 Å². The third-order valence-electron chi connectivity index (χ3n) is 4.48. The number of hydrogen-bond donors (Lipinski definition) is 1. The smallest absolute Gasteiger partial charge is 0.0337 e. The van der Waals surface area contributed by atoms with Crippen molar-refractivity contribution >= 4 is 11.3 Å². The lowest BCUT2D eigenvalue weighted by atomic mass is 9.90. The average molecular weight is 271 g/mol. The van der Waals surface area contributed by atoms with Crippen LogP contribution in [0.3, 0.4) is 0 Å². The number of allylic oxidation sites excluding steroid dienone is 2. The SMILES string of the molecule is CNc1ccc(C2=CCCC(CCC(C)C)CC2)cc1. The molecule has 1 N–H and O–H groups in total. The molecule has 20 heavy (non-hydrogen) atoms. The van der Waals surface area contributed by atoms with Crippen LogP contribution in [0.4, 0.5) is 5.69 Å². The van der Waals surface area contributed by atoms with E-state index in [9.17, 15) is 0 Å². The Morgan fingerprint density at radius 2 is 1.90 bits per heavy atom. The third kappa shape index (κ3) is 4.40. The first-order chi connectivity index (χ1) is 9.69.